The number of aromatic nitrogens is 1. The highest BCUT2D eigenvalue weighted by molar-refractivity contribution is 7.10. The van der Waals surface area contributed by atoms with Gasteiger partial charge in [-0.05, 0) is 23.6 Å². The molecule has 27 heavy (non-hydrogen) atoms. The minimum atomic E-state index is -0.351. The first-order chi connectivity index (χ1) is 13.1. The maximum atomic E-state index is 12.6. The van der Waals surface area contributed by atoms with Crippen molar-refractivity contribution in [3.05, 3.63) is 81.8 Å². The summed E-state index contributed by atoms with van der Waals surface area (Å²) in [5.74, 6) is -0.591. The first kappa shape index (κ1) is 17.7. The molecule has 2 N–H and O–H groups in total. The molecule has 138 valence electrons. The zero-order chi connectivity index (χ0) is 18.8. The Bertz CT molecular complexity index is 961. The van der Waals surface area contributed by atoms with Gasteiger partial charge < -0.3 is 9.47 Å². The van der Waals surface area contributed by atoms with Crippen molar-refractivity contribution in [3.63, 3.8) is 0 Å². The van der Waals surface area contributed by atoms with Gasteiger partial charge in [-0.3, -0.25) is 14.9 Å². The molecule has 0 spiro atoms. The fourth-order valence-corrected chi connectivity index (χ4v) is 4.76. The lowest BCUT2D eigenvalue weighted by Gasteiger charge is -2.32. The molecular weight excluding hydrogens is 358 g/mol. The number of amides is 2. The highest BCUT2D eigenvalue weighted by Crippen LogP contribution is 2.29. The van der Waals surface area contributed by atoms with Gasteiger partial charge >= 0.3 is 0 Å². The van der Waals surface area contributed by atoms with Gasteiger partial charge in [-0.15, -0.1) is 11.3 Å². The average Bonchev–Trinajstić information content (AvgIpc) is 3.30. The summed E-state index contributed by atoms with van der Waals surface area (Å²) in [6.07, 6.45) is 2.75. The zero-order valence-electron chi connectivity index (χ0n) is 15.1. The van der Waals surface area contributed by atoms with E-state index in [-0.39, 0.29) is 24.4 Å². The predicted octanol–water partition coefficient (Wildman–Crippen LogP) is 1.57. The Kier molecular flexibility index (Phi) is 4.92. The van der Waals surface area contributed by atoms with E-state index in [4.69, 9.17) is 0 Å². The van der Waals surface area contributed by atoms with E-state index in [1.165, 1.54) is 20.9 Å². The second-order valence-corrected chi connectivity index (χ2v) is 7.86. The van der Waals surface area contributed by atoms with Crippen LogP contribution < -0.4 is 10.2 Å². The van der Waals surface area contributed by atoms with Gasteiger partial charge in [0.2, 0.25) is 0 Å². The molecule has 4 rings (SSSR count). The van der Waals surface area contributed by atoms with Crippen LogP contribution in [-0.4, -0.2) is 29.5 Å². The lowest BCUT2D eigenvalue weighted by atomic mass is 9.93. The van der Waals surface area contributed by atoms with Crippen molar-refractivity contribution in [1.82, 2.24) is 9.88 Å². The Morgan fingerprint density at radius 3 is 2.74 bits per heavy atom. The van der Waals surface area contributed by atoms with Crippen LogP contribution in [-0.2, 0) is 18.3 Å². The normalized spacial score (nSPS) is 18.7. The van der Waals surface area contributed by atoms with Crippen LogP contribution in [0.3, 0.4) is 0 Å². The first-order valence-corrected chi connectivity index (χ1v) is 9.93. The van der Waals surface area contributed by atoms with Crippen molar-refractivity contribution in [3.8, 4) is 0 Å². The van der Waals surface area contributed by atoms with Crippen LogP contribution >= 0.6 is 11.3 Å². The van der Waals surface area contributed by atoms with Crippen molar-refractivity contribution in [2.45, 2.75) is 12.5 Å². The standard InChI is InChI=1S/C21H21N3O2S/c1-23-11-5-8-17(23)21(26)22-19(25)14-24-12-9-18-16(10-13-27-18)20(24)15-6-3-2-4-7-15/h2-8,10-11,13,20H,9,12,14H2,1H3,(H,22,25,26)/p+1/t20-/m0/s1. The summed E-state index contributed by atoms with van der Waals surface area (Å²) in [7, 11) is 1.79. The third kappa shape index (κ3) is 3.59. The summed E-state index contributed by atoms with van der Waals surface area (Å²) in [6.45, 7) is 1.14. The van der Waals surface area contributed by atoms with Crippen molar-refractivity contribution < 1.29 is 14.5 Å². The van der Waals surface area contributed by atoms with Crippen molar-refractivity contribution in [1.29, 1.82) is 0 Å². The third-order valence-corrected chi connectivity index (χ3v) is 6.12. The second-order valence-electron chi connectivity index (χ2n) is 6.86. The van der Waals surface area contributed by atoms with Gasteiger partial charge in [0.15, 0.2) is 6.54 Å². The molecule has 6 heteroatoms. The molecule has 0 bridgehead atoms. The Balaban J connectivity index is 1.53. The molecule has 1 unspecified atom stereocenters. The summed E-state index contributed by atoms with van der Waals surface area (Å²) < 4.78 is 1.71. The minimum Gasteiger partial charge on any atom is -0.347 e. The topological polar surface area (TPSA) is 55.5 Å². The maximum Gasteiger partial charge on any atom is 0.282 e. The molecule has 1 aromatic carbocycles. The molecular formula is C21H22N3O2S+. The Hall–Kier alpha value is -2.70. The highest BCUT2D eigenvalue weighted by Gasteiger charge is 2.34. The van der Waals surface area contributed by atoms with E-state index in [1.807, 2.05) is 18.2 Å². The Morgan fingerprint density at radius 2 is 2.00 bits per heavy atom. The van der Waals surface area contributed by atoms with E-state index in [1.54, 1.807) is 41.3 Å². The van der Waals surface area contributed by atoms with Crippen LogP contribution in [0, 0.1) is 0 Å². The van der Waals surface area contributed by atoms with Crippen LogP contribution in [0.2, 0.25) is 0 Å². The molecule has 2 atom stereocenters. The van der Waals surface area contributed by atoms with E-state index in [2.05, 4.69) is 28.9 Å². The number of hydrogen-bond acceptors (Lipinski definition) is 3. The maximum absolute atomic E-state index is 12.6. The molecule has 2 aromatic heterocycles. The van der Waals surface area contributed by atoms with Gasteiger partial charge in [0, 0.05) is 35.7 Å². The largest absolute Gasteiger partial charge is 0.347 e. The molecule has 0 aliphatic carbocycles. The monoisotopic (exact) mass is 380 g/mol. The smallest absolute Gasteiger partial charge is 0.282 e. The second kappa shape index (κ2) is 7.50. The number of carbonyl (C=O) groups excluding carboxylic acids is 2. The SMILES string of the molecule is Cn1cccc1C(=O)NC(=O)C[NH+]1CCc2sccc2[C@@H]1c1ccccc1. The molecule has 0 saturated carbocycles. The summed E-state index contributed by atoms with van der Waals surface area (Å²) in [5, 5.41) is 4.67. The number of imide groups is 1. The summed E-state index contributed by atoms with van der Waals surface area (Å²) in [5.41, 5.74) is 2.99. The molecule has 0 radical (unpaired) electrons. The lowest BCUT2D eigenvalue weighted by molar-refractivity contribution is -0.920. The third-order valence-electron chi connectivity index (χ3n) is 5.12. The number of rotatable bonds is 4. The van der Waals surface area contributed by atoms with E-state index in [0.29, 0.717) is 5.69 Å². The molecule has 1 aliphatic rings. The number of aryl methyl sites for hydroxylation is 1. The van der Waals surface area contributed by atoms with Crippen LogP contribution in [0.25, 0.3) is 0 Å². The molecule has 3 aromatic rings. The van der Waals surface area contributed by atoms with E-state index < -0.39 is 0 Å². The van der Waals surface area contributed by atoms with E-state index in [9.17, 15) is 9.59 Å². The number of nitrogens with one attached hydrogen (secondary N) is 2. The Morgan fingerprint density at radius 1 is 1.19 bits per heavy atom. The van der Waals surface area contributed by atoms with Gasteiger partial charge in [-0.2, -0.15) is 0 Å². The van der Waals surface area contributed by atoms with Crippen molar-refractivity contribution in [2.24, 2.45) is 7.05 Å². The van der Waals surface area contributed by atoms with Crippen molar-refractivity contribution in [2.75, 3.05) is 13.1 Å². The number of hydrogen-bond donors (Lipinski definition) is 2. The van der Waals surface area contributed by atoms with E-state index >= 15 is 0 Å². The predicted molar refractivity (Wildman–Crippen MR) is 105 cm³/mol. The van der Waals surface area contributed by atoms with Crippen LogP contribution in [0.1, 0.15) is 32.5 Å². The minimum absolute atomic E-state index is 0.122. The van der Waals surface area contributed by atoms with Crippen LogP contribution in [0.15, 0.2) is 60.1 Å². The summed E-state index contributed by atoms with van der Waals surface area (Å²) >= 11 is 1.78. The summed E-state index contributed by atoms with van der Waals surface area (Å²) in [4.78, 5) is 27.5. The highest BCUT2D eigenvalue weighted by atomic mass is 32.1. The number of quaternary nitrogens is 1. The summed E-state index contributed by atoms with van der Waals surface area (Å²) in [6, 6.07) is 16.1. The molecule has 0 fully saturated rings. The molecule has 0 saturated heterocycles. The number of benzene rings is 1. The van der Waals surface area contributed by atoms with Crippen LogP contribution in [0.4, 0.5) is 0 Å². The fourth-order valence-electron chi connectivity index (χ4n) is 3.84. The van der Waals surface area contributed by atoms with Gasteiger partial charge in [0.25, 0.3) is 11.8 Å². The molecule has 5 nitrogen and oxygen atoms in total. The van der Waals surface area contributed by atoms with Gasteiger partial charge in [0.05, 0.1) is 6.54 Å². The van der Waals surface area contributed by atoms with Gasteiger partial charge in [-0.1, -0.05) is 30.3 Å². The number of thiophene rings is 1. The number of nitrogens with zero attached hydrogens (tertiary/aromatic N) is 1. The fraction of sp³-hybridized carbons (Fsp3) is 0.238. The molecule has 3 heterocycles. The van der Waals surface area contributed by atoms with Gasteiger partial charge in [-0.25, -0.2) is 0 Å². The quantitative estimate of drug-likeness (QED) is 0.722. The average molecular weight is 380 g/mol. The number of carbonyl (C=O) groups is 2. The van der Waals surface area contributed by atoms with E-state index in [0.717, 1.165) is 13.0 Å². The Labute approximate surface area is 162 Å². The zero-order valence-corrected chi connectivity index (χ0v) is 16.0. The van der Waals surface area contributed by atoms with Gasteiger partial charge in [0.1, 0.15) is 11.7 Å². The number of fused-ring (bicyclic) bond motifs is 1. The molecule has 1 aliphatic heterocycles. The molecule has 2 amide bonds. The lowest BCUT2D eigenvalue weighted by Crippen LogP contribution is -3.14. The van der Waals surface area contributed by atoms with Crippen LogP contribution in [0.5, 0.6) is 0 Å². The first-order valence-electron chi connectivity index (χ1n) is 9.05. The van der Waals surface area contributed by atoms with Crippen molar-refractivity contribution >= 4 is 23.2 Å².